The summed E-state index contributed by atoms with van der Waals surface area (Å²) >= 11 is 1.70. The Balaban J connectivity index is 1.57. The van der Waals surface area contributed by atoms with Gasteiger partial charge >= 0.3 is 5.69 Å². The lowest BCUT2D eigenvalue weighted by Gasteiger charge is -2.13. The standard InChI is InChI=1S/C15H16N6O2S/c22-13-8(5-18-15(23)21-13)1-4-17-12-11-9-2-3-16-6-10(9)24-14(11)20-7-19-12/h5,7,16H,1-4,6H2,(H,17,19,20)(H2,18,21,22,23). The Kier molecular flexibility index (Phi) is 3.87. The number of rotatable bonds is 4. The Morgan fingerprint density at radius 3 is 3.08 bits per heavy atom. The third kappa shape index (κ3) is 2.72. The average Bonchev–Trinajstić information content (AvgIpc) is 2.96. The molecule has 0 saturated heterocycles. The highest BCUT2D eigenvalue weighted by molar-refractivity contribution is 7.18. The minimum Gasteiger partial charge on any atom is -0.369 e. The number of H-pyrrole nitrogens is 2. The van der Waals surface area contributed by atoms with Gasteiger partial charge in [0.05, 0.1) is 5.39 Å². The molecule has 0 aromatic carbocycles. The van der Waals surface area contributed by atoms with Gasteiger partial charge in [0.1, 0.15) is 17.0 Å². The minimum absolute atomic E-state index is 0.354. The van der Waals surface area contributed by atoms with E-state index in [4.69, 9.17) is 0 Å². The van der Waals surface area contributed by atoms with Crippen molar-refractivity contribution in [1.82, 2.24) is 25.3 Å². The molecule has 0 atom stereocenters. The topological polar surface area (TPSA) is 116 Å². The molecule has 1 aliphatic heterocycles. The molecule has 0 spiro atoms. The zero-order chi connectivity index (χ0) is 16.5. The van der Waals surface area contributed by atoms with Crippen LogP contribution in [0.2, 0.25) is 0 Å². The monoisotopic (exact) mass is 344 g/mol. The first kappa shape index (κ1) is 15.0. The summed E-state index contributed by atoms with van der Waals surface area (Å²) in [5.74, 6) is 0.806. The van der Waals surface area contributed by atoms with Crippen molar-refractivity contribution in [3.05, 3.63) is 49.4 Å². The van der Waals surface area contributed by atoms with Crippen molar-refractivity contribution in [3.63, 3.8) is 0 Å². The van der Waals surface area contributed by atoms with E-state index in [0.29, 0.717) is 18.5 Å². The molecule has 1 aliphatic rings. The van der Waals surface area contributed by atoms with Gasteiger partial charge in [0.25, 0.3) is 5.56 Å². The van der Waals surface area contributed by atoms with Crippen molar-refractivity contribution in [2.75, 3.05) is 18.4 Å². The van der Waals surface area contributed by atoms with E-state index in [9.17, 15) is 9.59 Å². The normalized spacial score (nSPS) is 13.8. The van der Waals surface area contributed by atoms with Gasteiger partial charge in [-0.05, 0) is 24.9 Å². The van der Waals surface area contributed by atoms with Crippen molar-refractivity contribution in [2.45, 2.75) is 19.4 Å². The summed E-state index contributed by atoms with van der Waals surface area (Å²) in [4.78, 5) is 38.5. The van der Waals surface area contributed by atoms with E-state index in [0.717, 1.165) is 35.5 Å². The van der Waals surface area contributed by atoms with Crippen LogP contribution in [0.5, 0.6) is 0 Å². The lowest BCUT2D eigenvalue weighted by atomic mass is 10.1. The van der Waals surface area contributed by atoms with Crippen LogP contribution in [-0.2, 0) is 19.4 Å². The Hall–Kier alpha value is -2.52. The summed E-state index contributed by atoms with van der Waals surface area (Å²) in [5.41, 5.74) is 1.00. The summed E-state index contributed by atoms with van der Waals surface area (Å²) in [6.07, 6.45) is 4.48. The van der Waals surface area contributed by atoms with E-state index >= 15 is 0 Å². The summed E-state index contributed by atoms with van der Waals surface area (Å²) in [7, 11) is 0. The van der Waals surface area contributed by atoms with Gasteiger partial charge in [-0.15, -0.1) is 11.3 Å². The molecule has 0 bridgehead atoms. The smallest absolute Gasteiger partial charge is 0.325 e. The highest BCUT2D eigenvalue weighted by Crippen LogP contribution is 2.35. The predicted molar refractivity (Wildman–Crippen MR) is 92.7 cm³/mol. The number of nitrogens with zero attached hydrogens (tertiary/aromatic N) is 2. The van der Waals surface area contributed by atoms with Crippen molar-refractivity contribution >= 4 is 27.4 Å². The molecule has 4 rings (SSSR count). The van der Waals surface area contributed by atoms with Crippen LogP contribution >= 0.6 is 11.3 Å². The second kappa shape index (κ2) is 6.17. The molecule has 9 heteroatoms. The van der Waals surface area contributed by atoms with Crippen molar-refractivity contribution < 1.29 is 0 Å². The maximum absolute atomic E-state index is 11.7. The molecular formula is C15H16N6O2S. The quantitative estimate of drug-likeness (QED) is 0.543. The SMILES string of the molecule is O=c1[nH]cc(CCNc2ncnc3sc4c(c23)CCNC4)c(=O)[nH]1. The molecule has 8 nitrogen and oxygen atoms in total. The van der Waals surface area contributed by atoms with Crippen LogP contribution in [0.3, 0.4) is 0 Å². The van der Waals surface area contributed by atoms with Gasteiger partial charge in [0, 0.05) is 29.7 Å². The molecule has 4 N–H and O–H groups in total. The summed E-state index contributed by atoms with van der Waals surface area (Å²) in [5, 5.41) is 7.77. The van der Waals surface area contributed by atoms with Crippen molar-refractivity contribution in [1.29, 1.82) is 0 Å². The molecular weight excluding hydrogens is 328 g/mol. The molecule has 0 fully saturated rings. The number of hydrogen-bond acceptors (Lipinski definition) is 7. The van der Waals surface area contributed by atoms with Crippen LogP contribution in [0.1, 0.15) is 16.0 Å². The Morgan fingerprint density at radius 2 is 2.21 bits per heavy atom. The molecule has 3 aromatic heterocycles. The third-order valence-corrected chi connectivity index (χ3v) is 5.23. The van der Waals surface area contributed by atoms with Crippen LogP contribution < -0.4 is 21.9 Å². The zero-order valence-electron chi connectivity index (χ0n) is 12.8. The van der Waals surface area contributed by atoms with Crippen LogP contribution in [0, 0.1) is 0 Å². The summed E-state index contributed by atoms with van der Waals surface area (Å²) < 4.78 is 0. The molecule has 0 amide bonds. The van der Waals surface area contributed by atoms with E-state index in [-0.39, 0.29) is 5.56 Å². The van der Waals surface area contributed by atoms with Crippen LogP contribution in [0.15, 0.2) is 22.1 Å². The lowest BCUT2D eigenvalue weighted by Crippen LogP contribution is -2.25. The number of aromatic amines is 2. The molecule has 124 valence electrons. The van der Waals surface area contributed by atoms with E-state index in [1.165, 1.54) is 16.6 Å². The first-order valence-corrected chi connectivity index (χ1v) is 8.55. The Morgan fingerprint density at radius 1 is 1.29 bits per heavy atom. The van der Waals surface area contributed by atoms with E-state index in [1.807, 2.05) is 0 Å². The predicted octanol–water partition coefficient (Wildman–Crippen LogP) is 0.368. The number of aromatic nitrogens is 4. The maximum atomic E-state index is 11.7. The fourth-order valence-electron chi connectivity index (χ4n) is 2.93. The largest absolute Gasteiger partial charge is 0.369 e. The number of hydrogen-bond donors (Lipinski definition) is 4. The second-order valence-corrected chi connectivity index (χ2v) is 6.69. The van der Waals surface area contributed by atoms with Crippen LogP contribution in [-0.4, -0.2) is 33.0 Å². The number of nitrogens with one attached hydrogen (secondary N) is 4. The molecule has 0 saturated carbocycles. The average molecular weight is 344 g/mol. The van der Waals surface area contributed by atoms with Crippen molar-refractivity contribution in [3.8, 4) is 0 Å². The highest BCUT2D eigenvalue weighted by atomic mass is 32.1. The Bertz CT molecular complexity index is 1010. The fraction of sp³-hybridized carbons (Fsp3) is 0.333. The molecule has 4 heterocycles. The zero-order valence-corrected chi connectivity index (χ0v) is 13.6. The van der Waals surface area contributed by atoms with Gasteiger partial charge in [-0.25, -0.2) is 14.8 Å². The number of anilines is 1. The molecule has 3 aromatic rings. The van der Waals surface area contributed by atoms with Gasteiger partial charge in [0.2, 0.25) is 0 Å². The first-order chi connectivity index (χ1) is 11.7. The molecule has 0 aliphatic carbocycles. The van der Waals surface area contributed by atoms with Crippen molar-refractivity contribution in [2.24, 2.45) is 0 Å². The minimum atomic E-state index is -0.493. The van der Waals surface area contributed by atoms with E-state index in [2.05, 4.69) is 30.6 Å². The van der Waals surface area contributed by atoms with Crippen LogP contribution in [0.4, 0.5) is 5.82 Å². The Labute approximate surface area is 140 Å². The summed E-state index contributed by atoms with van der Waals surface area (Å²) in [6.45, 7) is 2.38. The molecule has 24 heavy (non-hydrogen) atoms. The molecule has 0 unspecified atom stereocenters. The van der Waals surface area contributed by atoms with Gasteiger partial charge in [0.15, 0.2) is 0 Å². The fourth-order valence-corrected chi connectivity index (χ4v) is 4.09. The lowest BCUT2D eigenvalue weighted by molar-refractivity contribution is 0.657. The highest BCUT2D eigenvalue weighted by Gasteiger charge is 2.19. The molecule has 0 radical (unpaired) electrons. The maximum Gasteiger partial charge on any atom is 0.325 e. The van der Waals surface area contributed by atoms with Gasteiger partial charge in [-0.2, -0.15) is 0 Å². The number of fused-ring (bicyclic) bond motifs is 3. The first-order valence-electron chi connectivity index (χ1n) is 7.73. The van der Waals surface area contributed by atoms with Gasteiger partial charge < -0.3 is 15.6 Å². The van der Waals surface area contributed by atoms with E-state index in [1.54, 1.807) is 17.7 Å². The number of thiophene rings is 1. The summed E-state index contributed by atoms with van der Waals surface area (Å²) in [6, 6.07) is 0. The second-order valence-electron chi connectivity index (χ2n) is 5.61. The van der Waals surface area contributed by atoms with Crippen LogP contribution in [0.25, 0.3) is 10.2 Å². The third-order valence-electron chi connectivity index (χ3n) is 4.09. The van der Waals surface area contributed by atoms with Gasteiger partial charge in [-0.3, -0.25) is 9.78 Å². The van der Waals surface area contributed by atoms with E-state index < -0.39 is 5.69 Å². The van der Waals surface area contributed by atoms with Gasteiger partial charge in [-0.1, -0.05) is 0 Å².